The van der Waals surface area contributed by atoms with E-state index in [1.54, 1.807) is 18.2 Å². The lowest BCUT2D eigenvalue weighted by Crippen LogP contribution is -2.10. The van der Waals surface area contributed by atoms with Gasteiger partial charge in [-0.2, -0.15) is 0 Å². The summed E-state index contributed by atoms with van der Waals surface area (Å²) in [6.45, 7) is 4.09. The summed E-state index contributed by atoms with van der Waals surface area (Å²) in [7, 11) is 0. The molecule has 0 radical (unpaired) electrons. The summed E-state index contributed by atoms with van der Waals surface area (Å²) in [5.74, 6) is -1.82. The highest BCUT2D eigenvalue weighted by Gasteiger charge is 2.18. The zero-order chi connectivity index (χ0) is 24.2. The largest absolute Gasteiger partial charge is 0.481 e. The number of pyridine rings is 1. The van der Waals surface area contributed by atoms with E-state index in [4.69, 9.17) is 4.98 Å². The van der Waals surface area contributed by atoms with Crippen LogP contribution in [0.1, 0.15) is 51.7 Å². The van der Waals surface area contributed by atoms with E-state index in [1.165, 1.54) is 0 Å². The van der Waals surface area contributed by atoms with Gasteiger partial charge in [0.05, 0.1) is 17.5 Å². The van der Waals surface area contributed by atoms with Crippen LogP contribution < -0.4 is 0 Å². The number of aryl methyl sites for hydroxylation is 2. The Labute approximate surface area is 198 Å². The molecule has 34 heavy (non-hydrogen) atoms. The fourth-order valence-electron chi connectivity index (χ4n) is 4.47. The highest BCUT2D eigenvalue weighted by Crippen LogP contribution is 2.30. The summed E-state index contributed by atoms with van der Waals surface area (Å²) in [5, 5.41) is 20.1. The molecule has 0 amide bonds. The minimum atomic E-state index is -0.959. The van der Waals surface area contributed by atoms with Crippen LogP contribution >= 0.6 is 0 Å². The molecule has 3 aromatic carbocycles. The van der Waals surface area contributed by atoms with Crippen LogP contribution in [0, 0.1) is 6.92 Å². The molecule has 0 atom stereocenters. The average molecular weight is 454 g/mol. The third-order valence-electron chi connectivity index (χ3n) is 6.06. The molecule has 0 spiro atoms. The highest BCUT2D eigenvalue weighted by atomic mass is 16.4. The molecule has 0 aliphatic rings. The average Bonchev–Trinajstić information content (AvgIpc) is 2.82. The number of aliphatic carboxylic acids is 1. The standard InChI is InChI=1S/C29H27NO4/c1-3-6-26-25(23(17-28(31)32)24-15-18(2)9-14-27(24)30-26)16-19-10-12-20(13-11-19)21-7-4-5-8-22(21)29(33)34/h4-5,7-15H,3,6,16-17H2,1-2H3,(H,31,32)(H,33,34). The maximum Gasteiger partial charge on any atom is 0.336 e. The third-order valence-corrected chi connectivity index (χ3v) is 6.06. The quantitative estimate of drug-likeness (QED) is 0.338. The van der Waals surface area contributed by atoms with Gasteiger partial charge in [0.15, 0.2) is 0 Å². The lowest BCUT2D eigenvalue weighted by atomic mass is 9.90. The number of nitrogens with zero attached hydrogens (tertiary/aromatic N) is 1. The van der Waals surface area contributed by atoms with Gasteiger partial charge in [0.25, 0.3) is 0 Å². The second kappa shape index (κ2) is 9.87. The van der Waals surface area contributed by atoms with E-state index in [2.05, 4.69) is 6.92 Å². The molecule has 2 N–H and O–H groups in total. The number of aromatic nitrogens is 1. The number of aromatic carboxylic acids is 1. The van der Waals surface area contributed by atoms with Crippen LogP contribution in [0.15, 0.2) is 66.7 Å². The number of carbonyl (C=O) groups is 2. The van der Waals surface area contributed by atoms with Crippen molar-refractivity contribution in [3.05, 3.63) is 100 Å². The fraction of sp³-hybridized carbons (Fsp3) is 0.207. The molecule has 0 bridgehead atoms. The van der Waals surface area contributed by atoms with Crippen molar-refractivity contribution >= 4 is 22.8 Å². The molecule has 0 fully saturated rings. The predicted molar refractivity (Wildman–Crippen MR) is 133 cm³/mol. The molecular weight excluding hydrogens is 426 g/mol. The Bertz CT molecular complexity index is 1370. The first kappa shape index (κ1) is 23.2. The third kappa shape index (κ3) is 4.84. The van der Waals surface area contributed by atoms with Crippen molar-refractivity contribution < 1.29 is 19.8 Å². The number of rotatable bonds is 8. The Balaban J connectivity index is 1.79. The first-order valence-electron chi connectivity index (χ1n) is 11.4. The second-order valence-electron chi connectivity index (χ2n) is 8.58. The van der Waals surface area contributed by atoms with Crippen molar-refractivity contribution in [2.24, 2.45) is 0 Å². The fourth-order valence-corrected chi connectivity index (χ4v) is 4.47. The summed E-state index contributed by atoms with van der Waals surface area (Å²) in [5.41, 5.74) is 7.41. The molecule has 5 nitrogen and oxygen atoms in total. The van der Waals surface area contributed by atoms with Crippen LogP contribution in [-0.2, 0) is 24.1 Å². The van der Waals surface area contributed by atoms with Gasteiger partial charge in [0.2, 0.25) is 0 Å². The number of benzene rings is 3. The minimum absolute atomic E-state index is 0.0570. The number of fused-ring (bicyclic) bond motifs is 1. The van der Waals surface area contributed by atoms with Crippen LogP contribution in [0.4, 0.5) is 0 Å². The molecule has 1 heterocycles. The van der Waals surface area contributed by atoms with Crippen molar-refractivity contribution in [3.63, 3.8) is 0 Å². The van der Waals surface area contributed by atoms with Crippen LogP contribution in [0.3, 0.4) is 0 Å². The van der Waals surface area contributed by atoms with Crippen molar-refractivity contribution in [2.45, 2.75) is 39.5 Å². The van der Waals surface area contributed by atoms with E-state index in [0.717, 1.165) is 57.3 Å². The maximum atomic E-state index is 11.8. The number of carboxylic acid groups (broad SMARTS) is 2. The molecule has 0 saturated carbocycles. The Morgan fingerprint density at radius 1 is 0.912 bits per heavy atom. The van der Waals surface area contributed by atoms with Gasteiger partial charge in [-0.05, 0) is 65.8 Å². The highest BCUT2D eigenvalue weighted by molar-refractivity contribution is 5.96. The summed E-state index contributed by atoms with van der Waals surface area (Å²) in [6, 6.07) is 20.7. The molecule has 1 aromatic heterocycles. The molecular formula is C29H27NO4. The maximum absolute atomic E-state index is 11.8. The van der Waals surface area contributed by atoms with Gasteiger partial charge in [-0.1, -0.05) is 67.4 Å². The SMILES string of the molecule is CCCc1nc2ccc(C)cc2c(CC(=O)O)c1Cc1ccc(-c2ccccc2C(=O)O)cc1. The van der Waals surface area contributed by atoms with E-state index in [-0.39, 0.29) is 12.0 Å². The van der Waals surface area contributed by atoms with E-state index >= 15 is 0 Å². The molecule has 0 aliphatic carbocycles. The number of hydrogen-bond donors (Lipinski definition) is 2. The number of hydrogen-bond acceptors (Lipinski definition) is 3. The number of carboxylic acids is 2. The molecule has 4 aromatic rings. The van der Waals surface area contributed by atoms with E-state index in [9.17, 15) is 19.8 Å². The Hall–Kier alpha value is -3.99. The van der Waals surface area contributed by atoms with Crippen LogP contribution in [0.5, 0.6) is 0 Å². The van der Waals surface area contributed by atoms with Crippen molar-refractivity contribution in [1.82, 2.24) is 4.98 Å². The summed E-state index contributed by atoms with van der Waals surface area (Å²) >= 11 is 0. The van der Waals surface area contributed by atoms with Crippen molar-refractivity contribution in [2.75, 3.05) is 0 Å². The molecule has 5 heteroatoms. The first-order chi connectivity index (χ1) is 16.4. The topological polar surface area (TPSA) is 87.5 Å². The zero-order valence-corrected chi connectivity index (χ0v) is 19.3. The molecule has 172 valence electrons. The molecule has 0 unspecified atom stereocenters. The van der Waals surface area contributed by atoms with Gasteiger partial charge in [-0.25, -0.2) is 4.79 Å². The Morgan fingerprint density at radius 2 is 1.65 bits per heavy atom. The summed E-state index contributed by atoms with van der Waals surface area (Å²) in [4.78, 5) is 28.3. The van der Waals surface area contributed by atoms with Crippen LogP contribution in [-0.4, -0.2) is 27.1 Å². The normalized spacial score (nSPS) is 11.0. The lowest BCUT2D eigenvalue weighted by Gasteiger charge is -2.17. The lowest BCUT2D eigenvalue weighted by molar-refractivity contribution is -0.136. The predicted octanol–water partition coefficient (Wildman–Crippen LogP) is 6.08. The van der Waals surface area contributed by atoms with E-state index in [1.807, 2.05) is 55.5 Å². The Kier molecular flexibility index (Phi) is 6.73. The van der Waals surface area contributed by atoms with Gasteiger partial charge in [-0.15, -0.1) is 0 Å². The summed E-state index contributed by atoms with van der Waals surface area (Å²) in [6.07, 6.45) is 2.19. The van der Waals surface area contributed by atoms with Gasteiger partial charge >= 0.3 is 11.9 Å². The first-order valence-corrected chi connectivity index (χ1v) is 11.4. The van der Waals surface area contributed by atoms with Gasteiger partial charge in [0, 0.05) is 11.1 Å². The second-order valence-corrected chi connectivity index (χ2v) is 8.58. The molecule has 0 aliphatic heterocycles. The van der Waals surface area contributed by atoms with Crippen LogP contribution in [0.2, 0.25) is 0 Å². The van der Waals surface area contributed by atoms with Gasteiger partial charge in [-0.3, -0.25) is 9.78 Å². The molecule has 4 rings (SSSR count). The van der Waals surface area contributed by atoms with Crippen molar-refractivity contribution in [1.29, 1.82) is 0 Å². The van der Waals surface area contributed by atoms with E-state index < -0.39 is 11.9 Å². The molecule has 0 saturated heterocycles. The van der Waals surface area contributed by atoms with Crippen LogP contribution in [0.25, 0.3) is 22.0 Å². The monoisotopic (exact) mass is 453 g/mol. The van der Waals surface area contributed by atoms with Gasteiger partial charge < -0.3 is 10.2 Å². The zero-order valence-electron chi connectivity index (χ0n) is 19.3. The smallest absolute Gasteiger partial charge is 0.336 e. The minimum Gasteiger partial charge on any atom is -0.481 e. The summed E-state index contributed by atoms with van der Waals surface area (Å²) < 4.78 is 0. The van der Waals surface area contributed by atoms with Gasteiger partial charge in [0.1, 0.15) is 0 Å². The van der Waals surface area contributed by atoms with E-state index in [0.29, 0.717) is 12.0 Å². The van der Waals surface area contributed by atoms with Crippen molar-refractivity contribution in [3.8, 4) is 11.1 Å². The Morgan fingerprint density at radius 3 is 2.32 bits per heavy atom.